The molecular formula is C11H26N2. The Bertz CT molecular complexity index is 115. The van der Waals surface area contributed by atoms with Gasteiger partial charge in [-0.25, -0.2) is 0 Å². The SMILES string of the molecule is CCCC(C)N(CC)CC(C)CN. The summed E-state index contributed by atoms with van der Waals surface area (Å²) in [4.78, 5) is 2.53. The van der Waals surface area contributed by atoms with Gasteiger partial charge in [-0.3, -0.25) is 0 Å². The van der Waals surface area contributed by atoms with Crippen molar-refractivity contribution in [3.63, 3.8) is 0 Å². The van der Waals surface area contributed by atoms with E-state index in [1.165, 1.54) is 12.8 Å². The van der Waals surface area contributed by atoms with E-state index in [1.807, 2.05) is 0 Å². The smallest absolute Gasteiger partial charge is 0.00668 e. The average molecular weight is 186 g/mol. The van der Waals surface area contributed by atoms with Crippen molar-refractivity contribution in [2.75, 3.05) is 19.6 Å². The lowest BCUT2D eigenvalue weighted by atomic mass is 10.1. The van der Waals surface area contributed by atoms with Crippen LogP contribution in [0, 0.1) is 5.92 Å². The molecule has 0 bridgehead atoms. The molecular weight excluding hydrogens is 160 g/mol. The fraction of sp³-hybridized carbons (Fsp3) is 1.00. The van der Waals surface area contributed by atoms with Gasteiger partial charge in [-0.05, 0) is 32.4 Å². The zero-order valence-corrected chi connectivity index (χ0v) is 9.71. The van der Waals surface area contributed by atoms with Gasteiger partial charge in [-0.2, -0.15) is 0 Å². The van der Waals surface area contributed by atoms with Crippen LogP contribution in [0.3, 0.4) is 0 Å². The first kappa shape index (κ1) is 12.9. The molecule has 80 valence electrons. The molecule has 0 aliphatic carbocycles. The molecule has 0 fully saturated rings. The van der Waals surface area contributed by atoms with Crippen molar-refractivity contribution >= 4 is 0 Å². The highest BCUT2D eigenvalue weighted by atomic mass is 15.1. The van der Waals surface area contributed by atoms with Crippen LogP contribution >= 0.6 is 0 Å². The van der Waals surface area contributed by atoms with Crippen LogP contribution < -0.4 is 5.73 Å². The molecule has 13 heavy (non-hydrogen) atoms. The first-order valence-electron chi connectivity index (χ1n) is 5.59. The van der Waals surface area contributed by atoms with Crippen LogP contribution in [0.2, 0.25) is 0 Å². The summed E-state index contributed by atoms with van der Waals surface area (Å²) in [5.41, 5.74) is 5.62. The highest BCUT2D eigenvalue weighted by Gasteiger charge is 2.13. The van der Waals surface area contributed by atoms with Crippen molar-refractivity contribution in [3.8, 4) is 0 Å². The molecule has 0 spiro atoms. The van der Waals surface area contributed by atoms with E-state index >= 15 is 0 Å². The number of rotatable bonds is 7. The number of nitrogens with zero attached hydrogens (tertiary/aromatic N) is 1. The van der Waals surface area contributed by atoms with Gasteiger partial charge in [0.2, 0.25) is 0 Å². The average Bonchev–Trinajstić information content (AvgIpc) is 2.14. The number of nitrogens with two attached hydrogens (primary N) is 1. The maximum atomic E-state index is 5.62. The van der Waals surface area contributed by atoms with E-state index in [1.54, 1.807) is 0 Å². The highest BCUT2D eigenvalue weighted by Crippen LogP contribution is 2.08. The van der Waals surface area contributed by atoms with Gasteiger partial charge in [-0.15, -0.1) is 0 Å². The molecule has 0 aromatic carbocycles. The molecule has 0 aromatic heterocycles. The number of hydrogen-bond acceptors (Lipinski definition) is 2. The van der Waals surface area contributed by atoms with Gasteiger partial charge < -0.3 is 10.6 Å². The molecule has 0 saturated heterocycles. The topological polar surface area (TPSA) is 29.3 Å². The van der Waals surface area contributed by atoms with E-state index in [4.69, 9.17) is 5.73 Å². The Kier molecular flexibility index (Phi) is 7.29. The summed E-state index contributed by atoms with van der Waals surface area (Å²) in [6.07, 6.45) is 2.57. The molecule has 0 radical (unpaired) electrons. The predicted molar refractivity (Wildman–Crippen MR) is 59.8 cm³/mol. The second-order valence-corrected chi connectivity index (χ2v) is 4.07. The summed E-state index contributed by atoms with van der Waals surface area (Å²) in [5, 5.41) is 0. The van der Waals surface area contributed by atoms with Crippen molar-refractivity contribution in [2.24, 2.45) is 11.7 Å². The van der Waals surface area contributed by atoms with E-state index in [2.05, 4.69) is 32.6 Å². The van der Waals surface area contributed by atoms with E-state index in [9.17, 15) is 0 Å². The van der Waals surface area contributed by atoms with E-state index in [-0.39, 0.29) is 0 Å². The van der Waals surface area contributed by atoms with Crippen molar-refractivity contribution in [2.45, 2.75) is 46.6 Å². The Morgan fingerprint density at radius 1 is 1.23 bits per heavy atom. The third-order valence-electron chi connectivity index (χ3n) is 2.68. The quantitative estimate of drug-likeness (QED) is 0.659. The minimum absolute atomic E-state index is 0.624. The molecule has 0 saturated carbocycles. The highest BCUT2D eigenvalue weighted by molar-refractivity contribution is 4.68. The van der Waals surface area contributed by atoms with Crippen molar-refractivity contribution in [1.29, 1.82) is 0 Å². The molecule has 2 nitrogen and oxygen atoms in total. The van der Waals surface area contributed by atoms with Gasteiger partial charge in [0.15, 0.2) is 0 Å². The molecule has 0 heterocycles. The van der Waals surface area contributed by atoms with Crippen molar-refractivity contribution in [3.05, 3.63) is 0 Å². The van der Waals surface area contributed by atoms with Crippen molar-refractivity contribution in [1.82, 2.24) is 4.90 Å². The summed E-state index contributed by atoms with van der Waals surface area (Å²) < 4.78 is 0. The largest absolute Gasteiger partial charge is 0.330 e. The summed E-state index contributed by atoms with van der Waals surface area (Å²) in [6.45, 7) is 12.1. The van der Waals surface area contributed by atoms with Crippen LogP contribution in [0.25, 0.3) is 0 Å². The Labute approximate surface area is 83.5 Å². The molecule has 0 aliphatic heterocycles. The summed E-state index contributed by atoms with van der Waals surface area (Å²) >= 11 is 0. The summed E-state index contributed by atoms with van der Waals surface area (Å²) in [7, 11) is 0. The Hall–Kier alpha value is -0.0800. The van der Waals surface area contributed by atoms with Crippen molar-refractivity contribution < 1.29 is 0 Å². The van der Waals surface area contributed by atoms with Crippen LogP contribution in [0.4, 0.5) is 0 Å². The molecule has 0 rings (SSSR count). The van der Waals surface area contributed by atoms with Gasteiger partial charge in [0, 0.05) is 12.6 Å². The van der Waals surface area contributed by atoms with Crippen LogP contribution in [-0.4, -0.2) is 30.6 Å². The minimum Gasteiger partial charge on any atom is -0.330 e. The van der Waals surface area contributed by atoms with Crippen LogP contribution in [0.15, 0.2) is 0 Å². The first-order chi connectivity index (χ1) is 6.15. The normalized spacial score (nSPS) is 16.2. The standard InChI is InChI=1S/C11H26N2/c1-5-7-11(4)13(6-2)9-10(3)8-12/h10-11H,5-9,12H2,1-4H3. The molecule has 2 N–H and O–H groups in total. The Morgan fingerprint density at radius 3 is 2.23 bits per heavy atom. The van der Waals surface area contributed by atoms with Crippen LogP contribution in [-0.2, 0) is 0 Å². The molecule has 2 heteroatoms. The van der Waals surface area contributed by atoms with Gasteiger partial charge >= 0.3 is 0 Å². The van der Waals surface area contributed by atoms with Gasteiger partial charge in [0.25, 0.3) is 0 Å². The monoisotopic (exact) mass is 186 g/mol. The van der Waals surface area contributed by atoms with Crippen LogP contribution in [0.5, 0.6) is 0 Å². The van der Waals surface area contributed by atoms with E-state index in [0.29, 0.717) is 12.0 Å². The maximum Gasteiger partial charge on any atom is 0.00668 e. The molecule has 2 unspecified atom stereocenters. The Morgan fingerprint density at radius 2 is 1.85 bits per heavy atom. The lowest BCUT2D eigenvalue weighted by Gasteiger charge is -2.29. The van der Waals surface area contributed by atoms with Gasteiger partial charge in [0.05, 0.1) is 0 Å². The van der Waals surface area contributed by atoms with E-state index < -0.39 is 0 Å². The third-order valence-corrected chi connectivity index (χ3v) is 2.68. The van der Waals surface area contributed by atoms with Gasteiger partial charge in [0.1, 0.15) is 0 Å². The predicted octanol–water partition coefficient (Wildman–Crippen LogP) is 2.09. The minimum atomic E-state index is 0.624. The fourth-order valence-electron chi connectivity index (χ4n) is 1.70. The number of hydrogen-bond donors (Lipinski definition) is 1. The molecule has 2 atom stereocenters. The lowest BCUT2D eigenvalue weighted by molar-refractivity contribution is 0.184. The maximum absolute atomic E-state index is 5.62. The summed E-state index contributed by atoms with van der Waals surface area (Å²) in [5.74, 6) is 0.624. The third kappa shape index (κ3) is 5.27. The first-order valence-corrected chi connectivity index (χ1v) is 5.59. The lowest BCUT2D eigenvalue weighted by Crippen LogP contribution is -2.38. The van der Waals surface area contributed by atoms with Crippen LogP contribution in [0.1, 0.15) is 40.5 Å². The van der Waals surface area contributed by atoms with Gasteiger partial charge in [-0.1, -0.05) is 27.2 Å². The Balaban J connectivity index is 3.86. The fourth-order valence-corrected chi connectivity index (χ4v) is 1.70. The molecule has 0 aliphatic rings. The molecule has 0 amide bonds. The second kappa shape index (κ2) is 7.34. The molecule has 0 aromatic rings. The zero-order valence-electron chi connectivity index (χ0n) is 9.71. The second-order valence-electron chi connectivity index (χ2n) is 4.07. The summed E-state index contributed by atoms with van der Waals surface area (Å²) in [6, 6.07) is 0.712. The van der Waals surface area contributed by atoms with E-state index in [0.717, 1.165) is 19.6 Å². The zero-order chi connectivity index (χ0) is 10.3.